The van der Waals surface area contributed by atoms with Gasteiger partial charge in [-0.25, -0.2) is 4.57 Å². The van der Waals surface area contributed by atoms with E-state index in [-0.39, 0.29) is 12.8 Å². The summed E-state index contributed by atoms with van der Waals surface area (Å²) in [5.74, 6) is -1.06. The summed E-state index contributed by atoms with van der Waals surface area (Å²) in [6.07, 6.45) is 6.90. The van der Waals surface area contributed by atoms with E-state index >= 15 is 0 Å². The first kappa shape index (κ1) is 31.0. The van der Waals surface area contributed by atoms with Crippen LogP contribution in [-0.4, -0.2) is 65.7 Å². The van der Waals surface area contributed by atoms with Crippen molar-refractivity contribution >= 4 is 19.8 Å². The molecule has 0 aliphatic rings. The van der Waals surface area contributed by atoms with Gasteiger partial charge in [-0.1, -0.05) is 58.8 Å². The van der Waals surface area contributed by atoms with Crippen LogP contribution in [0, 0.1) is 0 Å². The highest BCUT2D eigenvalue weighted by Gasteiger charge is 2.27. The van der Waals surface area contributed by atoms with Crippen LogP contribution in [0.25, 0.3) is 0 Å². The van der Waals surface area contributed by atoms with Crippen LogP contribution in [0.5, 0.6) is 0 Å². The first-order chi connectivity index (χ1) is 15.3. The quantitative estimate of drug-likeness (QED) is 0.126. The molecule has 0 amide bonds. The Bertz CT molecular complexity index is 543. The van der Waals surface area contributed by atoms with Gasteiger partial charge in [0.05, 0.1) is 26.4 Å². The topological polar surface area (TPSA) is 149 Å². The third-order valence-electron chi connectivity index (χ3n) is 4.57. The van der Waals surface area contributed by atoms with Gasteiger partial charge in [0.15, 0.2) is 0 Å². The van der Waals surface area contributed by atoms with Crippen molar-refractivity contribution < 1.29 is 47.8 Å². The Kier molecular flexibility index (Phi) is 18.8. The fraction of sp³-hybridized carbons (Fsp3) is 0.905. The fourth-order valence-corrected chi connectivity index (χ4v) is 3.46. The lowest BCUT2D eigenvalue weighted by Crippen LogP contribution is -2.28. The highest BCUT2D eigenvalue weighted by Crippen LogP contribution is 2.43. The molecule has 0 aliphatic heterocycles. The largest absolute Gasteiger partial charge is 0.472 e. The Balaban J connectivity index is 4.20. The number of esters is 2. The fourth-order valence-electron chi connectivity index (χ4n) is 2.68. The lowest BCUT2D eigenvalue weighted by atomic mass is 10.1. The van der Waals surface area contributed by atoms with Crippen LogP contribution in [0.2, 0.25) is 0 Å². The maximum Gasteiger partial charge on any atom is 0.472 e. The van der Waals surface area contributed by atoms with Gasteiger partial charge >= 0.3 is 19.8 Å². The molecule has 32 heavy (non-hydrogen) atoms. The van der Waals surface area contributed by atoms with Gasteiger partial charge in [-0.2, -0.15) is 0 Å². The Labute approximate surface area is 191 Å². The number of hydrogen-bond acceptors (Lipinski definition) is 9. The number of unbranched alkanes of at least 4 members (excludes halogenated alkanes) is 7. The van der Waals surface area contributed by atoms with Crippen LogP contribution in [-0.2, 0) is 32.7 Å². The molecule has 0 fully saturated rings. The minimum atomic E-state index is -4.58. The second-order valence-electron chi connectivity index (χ2n) is 7.62. The highest BCUT2D eigenvalue weighted by atomic mass is 31.2. The number of rotatable bonds is 21. The van der Waals surface area contributed by atoms with Crippen molar-refractivity contribution in [3.63, 3.8) is 0 Å². The minimum absolute atomic E-state index is 0.169. The zero-order chi connectivity index (χ0) is 24.2. The molecule has 0 radical (unpaired) electrons. The van der Waals surface area contributed by atoms with Crippen LogP contribution in [0.4, 0.5) is 0 Å². The Morgan fingerprint density at radius 2 is 1.12 bits per heavy atom. The van der Waals surface area contributed by atoms with Crippen molar-refractivity contribution in [2.75, 3.05) is 26.4 Å². The highest BCUT2D eigenvalue weighted by molar-refractivity contribution is 7.47. The summed E-state index contributed by atoms with van der Waals surface area (Å²) in [5, 5.41) is 18.6. The van der Waals surface area contributed by atoms with Crippen molar-refractivity contribution in [3.05, 3.63) is 0 Å². The smallest absolute Gasteiger partial charge is 0.457 e. The van der Waals surface area contributed by atoms with Gasteiger partial charge in [-0.3, -0.25) is 18.6 Å². The van der Waals surface area contributed by atoms with Gasteiger partial charge in [0.1, 0.15) is 12.2 Å². The molecule has 0 aliphatic carbocycles. The molecule has 0 aromatic heterocycles. The van der Waals surface area contributed by atoms with E-state index < -0.39 is 58.4 Å². The Morgan fingerprint density at radius 1 is 0.719 bits per heavy atom. The van der Waals surface area contributed by atoms with E-state index in [0.29, 0.717) is 12.8 Å². The molecule has 11 heteroatoms. The number of ether oxygens (including phenoxy) is 2. The molecule has 0 spiro atoms. The first-order valence-electron chi connectivity index (χ1n) is 11.5. The average molecular weight is 485 g/mol. The number of hydrogen-bond donors (Lipinski definition) is 3. The van der Waals surface area contributed by atoms with Crippen LogP contribution in [0.15, 0.2) is 0 Å². The molecule has 0 heterocycles. The van der Waals surface area contributed by atoms with Gasteiger partial charge in [0, 0.05) is 12.8 Å². The molecule has 10 nitrogen and oxygen atoms in total. The van der Waals surface area contributed by atoms with Crippen molar-refractivity contribution in [1.82, 2.24) is 0 Å². The number of phosphoric acid groups is 1. The van der Waals surface area contributed by atoms with Crippen molar-refractivity contribution in [3.8, 4) is 0 Å². The van der Waals surface area contributed by atoms with E-state index in [0.717, 1.165) is 25.7 Å². The van der Waals surface area contributed by atoms with E-state index in [1.54, 1.807) is 0 Å². The molecule has 0 saturated carbocycles. The first-order valence-corrected chi connectivity index (χ1v) is 13.0. The summed E-state index contributed by atoms with van der Waals surface area (Å²) >= 11 is 0. The molecule has 0 rings (SSSR count). The van der Waals surface area contributed by atoms with E-state index in [4.69, 9.17) is 18.5 Å². The van der Waals surface area contributed by atoms with Crippen molar-refractivity contribution in [2.45, 2.75) is 96.7 Å². The van der Waals surface area contributed by atoms with Crippen LogP contribution in [0.1, 0.15) is 84.5 Å². The summed E-state index contributed by atoms with van der Waals surface area (Å²) in [5.41, 5.74) is 0. The van der Waals surface area contributed by atoms with Crippen LogP contribution >= 0.6 is 7.82 Å². The molecule has 190 valence electrons. The number of phosphoric ester groups is 1. The summed E-state index contributed by atoms with van der Waals surface area (Å²) in [6.45, 7) is 1.78. The van der Waals surface area contributed by atoms with Gasteiger partial charge in [-0.05, 0) is 12.8 Å². The monoisotopic (exact) mass is 484 g/mol. The van der Waals surface area contributed by atoms with Crippen molar-refractivity contribution in [1.29, 1.82) is 0 Å². The van der Waals surface area contributed by atoms with E-state index in [9.17, 15) is 29.3 Å². The number of carbonyl (C=O) groups is 2. The molecule has 0 aromatic rings. The third kappa shape index (κ3) is 17.5. The lowest BCUT2D eigenvalue weighted by molar-refractivity contribution is -0.153. The normalized spacial score (nSPS) is 15.0. The third-order valence-corrected chi connectivity index (χ3v) is 5.52. The molecule has 3 unspecified atom stereocenters. The summed E-state index contributed by atoms with van der Waals surface area (Å²) in [6, 6.07) is 0. The molecular weight excluding hydrogens is 443 g/mol. The maximum absolute atomic E-state index is 12.0. The molecule has 0 saturated heterocycles. The Hall–Kier alpha value is -1.03. The van der Waals surface area contributed by atoms with Crippen LogP contribution in [0.3, 0.4) is 0 Å². The zero-order valence-corrected chi connectivity index (χ0v) is 20.3. The molecule has 3 N–H and O–H groups in total. The predicted octanol–water partition coefficient (Wildman–Crippen LogP) is 3.26. The molecular formula is C21H41O10P. The SMILES string of the molecule is CCCCCCCCCC(=O)OC(CO)COP(=O)(O)OCC(CO)OC(=O)CCCC. The summed E-state index contributed by atoms with van der Waals surface area (Å²) in [4.78, 5) is 33.2. The second kappa shape index (κ2) is 19.4. The number of carbonyl (C=O) groups excluding carboxylic acids is 2. The summed E-state index contributed by atoms with van der Waals surface area (Å²) < 4.78 is 31.5. The van der Waals surface area contributed by atoms with E-state index in [2.05, 4.69) is 6.92 Å². The lowest BCUT2D eigenvalue weighted by Gasteiger charge is -2.20. The van der Waals surface area contributed by atoms with E-state index in [1.165, 1.54) is 19.3 Å². The minimum Gasteiger partial charge on any atom is -0.457 e. The maximum atomic E-state index is 12.0. The predicted molar refractivity (Wildman–Crippen MR) is 118 cm³/mol. The zero-order valence-electron chi connectivity index (χ0n) is 19.4. The second-order valence-corrected chi connectivity index (χ2v) is 9.08. The molecule has 3 atom stereocenters. The van der Waals surface area contributed by atoms with Crippen molar-refractivity contribution in [2.24, 2.45) is 0 Å². The molecule has 0 aromatic carbocycles. The van der Waals surface area contributed by atoms with E-state index in [1.807, 2.05) is 6.92 Å². The number of aliphatic hydroxyl groups is 2. The molecule has 0 bridgehead atoms. The Morgan fingerprint density at radius 3 is 1.56 bits per heavy atom. The van der Waals surface area contributed by atoms with Gasteiger partial charge in [0.2, 0.25) is 0 Å². The van der Waals surface area contributed by atoms with Gasteiger partial charge < -0.3 is 24.6 Å². The average Bonchev–Trinajstić information content (AvgIpc) is 2.77. The van der Waals surface area contributed by atoms with Gasteiger partial charge in [0.25, 0.3) is 0 Å². The van der Waals surface area contributed by atoms with Gasteiger partial charge in [-0.15, -0.1) is 0 Å². The summed E-state index contributed by atoms with van der Waals surface area (Å²) in [7, 11) is -4.58. The van der Waals surface area contributed by atoms with Crippen LogP contribution < -0.4 is 0 Å². The number of aliphatic hydroxyl groups excluding tert-OH is 2. The standard InChI is InChI=1S/C21H41O10P/c1-3-5-7-8-9-10-11-13-21(25)31-19(15-23)17-29-32(26,27)28-16-18(14-22)30-20(24)12-6-4-2/h18-19,22-23H,3-17H2,1-2H3,(H,26,27).